The smallest absolute Gasteiger partial charge is 0.238 e. The molecule has 0 spiro atoms. The highest BCUT2D eigenvalue weighted by atomic mass is 16.5. The van der Waals surface area contributed by atoms with Gasteiger partial charge in [0.15, 0.2) is 11.5 Å². The molecular formula is C15H22N3O4. The SMILES string of the molecule is COc1cc(NC(=O)CN2CC[N]CC2)cc(OC)c1OC. The number of piperazine rings is 1. The predicted octanol–water partition coefficient (Wildman–Crippen LogP) is 0.571. The summed E-state index contributed by atoms with van der Waals surface area (Å²) < 4.78 is 15.8. The Morgan fingerprint density at radius 3 is 2.23 bits per heavy atom. The third-order valence-corrected chi connectivity index (χ3v) is 3.46. The number of amides is 1. The van der Waals surface area contributed by atoms with Gasteiger partial charge in [-0.15, -0.1) is 0 Å². The van der Waals surface area contributed by atoms with E-state index in [9.17, 15) is 4.79 Å². The molecule has 0 unspecified atom stereocenters. The number of carbonyl (C=O) groups is 1. The van der Waals surface area contributed by atoms with Crippen LogP contribution in [0.4, 0.5) is 5.69 Å². The Labute approximate surface area is 130 Å². The lowest BCUT2D eigenvalue weighted by Gasteiger charge is -2.25. The number of rotatable bonds is 6. The summed E-state index contributed by atoms with van der Waals surface area (Å²) in [4.78, 5) is 14.2. The van der Waals surface area contributed by atoms with Crippen LogP contribution in [0.3, 0.4) is 0 Å². The molecule has 1 saturated heterocycles. The van der Waals surface area contributed by atoms with Gasteiger partial charge in [0.25, 0.3) is 0 Å². The standard InChI is InChI=1S/C15H22N3O4/c1-20-12-8-11(9-13(21-2)15(12)22-3)17-14(19)10-18-6-4-16-5-7-18/h8-9H,4-7,10H2,1-3H3,(H,17,19). The molecule has 121 valence electrons. The molecule has 1 N–H and O–H groups in total. The number of ether oxygens (including phenoxy) is 3. The summed E-state index contributed by atoms with van der Waals surface area (Å²) in [6, 6.07) is 3.43. The van der Waals surface area contributed by atoms with Gasteiger partial charge in [-0.2, -0.15) is 0 Å². The van der Waals surface area contributed by atoms with Crippen molar-refractivity contribution in [2.45, 2.75) is 0 Å². The van der Waals surface area contributed by atoms with Crippen LogP contribution in [-0.4, -0.2) is 64.9 Å². The van der Waals surface area contributed by atoms with Crippen molar-refractivity contribution in [3.63, 3.8) is 0 Å². The Bertz CT molecular complexity index is 491. The third-order valence-electron chi connectivity index (χ3n) is 3.46. The molecule has 1 radical (unpaired) electrons. The Morgan fingerprint density at radius 1 is 1.14 bits per heavy atom. The molecule has 22 heavy (non-hydrogen) atoms. The minimum absolute atomic E-state index is 0.0730. The second-order valence-corrected chi connectivity index (χ2v) is 4.91. The Balaban J connectivity index is 2.06. The van der Waals surface area contributed by atoms with Crippen molar-refractivity contribution in [1.82, 2.24) is 10.2 Å². The van der Waals surface area contributed by atoms with E-state index in [1.54, 1.807) is 33.5 Å². The van der Waals surface area contributed by atoms with E-state index in [1.807, 2.05) is 0 Å². The zero-order valence-corrected chi connectivity index (χ0v) is 13.2. The number of anilines is 1. The van der Waals surface area contributed by atoms with E-state index in [1.165, 1.54) is 0 Å². The van der Waals surface area contributed by atoms with Gasteiger partial charge in [0.2, 0.25) is 11.7 Å². The van der Waals surface area contributed by atoms with E-state index in [2.05, 4.69) is 15.5 Å². The Morgan fingerprint density at radius 2 is 1.73 bits per heavy atom. The van der Waals surface area contributed by atoms with Crippen LogP contribution in [0.5, 0.6) is 17.2 Å². The Hall–Kier alpha value is -1.99. The molecule has 0 bridgehead atoms. The number of methoxy groups -OCH3 is 3. The minimum atomic E-state index is -0.0730. The number of nitrogens with zero attached hydrogens (tertiary/aromatic N) is 2. The van der Waals surface area contributed by atoms with Crippen molar-refractivity contribution < 1.29 is 19.0 Å². The predicted molar refractivity (Wildman–Crippen MR) is 83.0 cm³/mol. The molecule has 1 aliphatic heterocycles. The molecule has 0 aliphatic carbocycles. The van der Waals surface area contributed by atoms with Crippen LogP contribution in [0.2, 0.25) is 0 Å². The van der Waals surface area contributed by atoms with Crippen molar-refractivity contribution >= 4 is 11.6 Å². The largest absolute Gasteiger partial charge is 0.493 e. The summed E-state index contributed by atoms with van der Waals surface area (Å²) in [5, 5.41) is 7.13. The van der Waals surface area contributed by atoms with E-state index in [-0.39, 0.29) is 5.91 Å². The van der Waals surface area contributed by atoms with E-state index >= 15 is 0 Å². The van der Waals surface area contributed by atoms with Gasteiger partial charge in [-0.05, 0) is 0 Å². The second kappa shape index (κ2) is 7.86. The van der Waals surface area contributed by atoms with Gasteiger partial charge in [0.1, 0.15) is 0 Å². The fourth-order valence-electron chi connectivity index (χ4n) is 2.36. The van der Waals surface area contributed by atoms with Crippen molar-refractivity contribution in [3.05, 3.63) is 12.1 Å². The van der Waals surface area contributed by atoms with Crippen molar-refractivity contribution in [3.8, 4) is 17.2 Å². The maximum absolute atomic E-state index is 12.1. The lowest BCUT2D eigenvalue weighted by molar-refractivity contribution is -0.117. The summed E-state index contributed by atoms with van der Waals surface area (Å²) in [5.74, 6) is 1.44. The highest BCUT2D eigenvalue weighted by Crippen LogP contribution is 2.39. The van der Waals surface area contributed by atoms with Crippen molar-refractivity contribution in [2.24, 2.45) is 0 Å². The topological polar surface area (TPSA) is 74.1 Å². The Kier molecular flexibility index (Phi) is 5.85. The number of nitrogens with one attached hydrogen (secondary N) is 1. The molecule has 0 aromatic heterocycles. The molecule has 1 aromatic rings. The van der Waals surface area contributed by atoms with Gasteiger partial charge in [-0.25, -0.2) is 5.32 Å². The van der Waals surface area contributed by atoms with Gasteiger partial charge < -0.3 is 19.5 Å². The number of carbonyl (C=O) groups excluding carboxylic acids is 1. The summed E-state index contributed by atoms with van der Waals surface area (Å²) >= 11 is 0. The van der Waals surface area contributed by atoms with Gasteiger partial charge in [0, 0.05) is 44.0 Å². The molecule has 2 rings (SSSR count). The molecule has 1 amide bonds. The molecule has 0 atom stereocenters. The monoisotopic (exact) mass is 308 g/mol. The van der Waals surface area contributed by atoms with Crippen molar-refractivity contribution in [2.75, 3.05) is 59.4 Å². The van der Waals surface area contributed by atoms with Crippen molar-refractivity contribution in [1.29, 1.82) is 0 Å². The molecule has 0 saturated carbocycles. The summed E-state index contributed by atoms with van der Waals surface area (Å²) in [7, 11) is 4.63. The average Bonchev–Trinajstić information content (AvgIpc) is 2.54. The molecule has 1 aliphatic rings. The normalized spacial score (nSPS) is 15.2. The molecule has 7 heteroatoms. The van der Waals surface area contributed by atoms with Crippen LogP contribution < -0.4 is 24.8 Å². The second-order valence-electron chi connectivity index (χ2n) is 4.91. The van der Waals surface area contributed by atoms with Gasteiger partial charge >= 0.3 is 0 Å². The first kappa shape index (κ1) is 16.4. The fraction of sp³-hybridized carbons (Fsp3) is 0.533. The molecular weight excluding hydrogens is 286 g/mol. The van der Waals surface area contributed by atoms with Gasteiger partial charge in [-0.3, -0.25) is 9.69 Å². The quantitative estimate of drug-likeness (QED) is 0.832. The molecule has 1 heterocycles. The van der Waals surface area contributed by atoms with Crippen LogP contribution in [-0.2, 0) is 4.79 Å². The van der Waals surface area contributed by atoms with Gasteiger partial charge in [0.05, 0.1) is 27.9 Å². The van der Waals surface area contributed by atoms with Crippen LogP contribution >= 0.6 is 0 Å². The number of hydrogen-bond donors (Lipinski definition) is 1. The third kappa shape index (κ3) is 4.02. The number of benzene rings is 1. The fourth-order valence-corrected chi connectivity index (χ4v) is 2.36. The zero-order valence-electron chi connectivity index (χ0n) is 13.2. The first-order valence-corrected chi connectivity index (χ1v) is 7.13. The zero-order chi connectivity index (χ0) is 15.9. The lowest BCUT2D eigenvalue weighted by atomic mass is 10.2. The van der Waals surface area contributed by atoms with Crippen LogP contribution in [0.15, 0.2) is 12.1 Å². The van der Waals surface area contributed by atoms with Crippen LogP contribution in [0, 0.1) is 0 Å². The van der Waals surface area contributed by atoms with E-state index in [0.717, 1.165) is 26.2 Å². The summed E-state index contributed by atoms with van der Waals surface area (Å²) in [5.41, 5.74) is 0.612. The van der Waals surface area contributed by atoms with E-state index < -0.39 is 0 Å². The maximum atomic E-state index is 12.1. The molecule has 7 nitrogen and oxygen atoms in total. The van der Waals surface area contributed by atoms with Crippen LogP contribution in [0.25, 0.3) is 0 Å². The van der Waals surface area contributed by atoms with E-state index in [0.29, 0.717) is 29.5 Å². The van der Waals surface area contributed by atoms with E-state index in [4.69, 9.17) is 14.2 Å². The molecule has 1 fully saturated rings. The number of hydrogen-bond acceptors (Lipinski definition) is 5. The minimum Gasteiger partial charge on any atom is -0.493 e. The summed E-state index contributed by atoms with van der Waals surface area (Å²) in [6.07, 6.45) is 0. The van der Waals surface area contributed by atoms with Crippen LogP contribution in [0.1, 0.15) is 0 Å². The summed E-state index contributed by atoms with van der Waals surface area (Å²) in [6.45, 7) is 3.58. The highest BCUT2D eigenvalue weighted by Gasteiger charge is 2.17. The van der Waals surface area contributed by atoms with Gasteiger partial charge in [-0.1, -0.05) is 0 Å². The first-order chi connectivity index (χ1) is 10.7. The lowest BCUT2D eigenvalue weighted by Crippen LogP contribution is -2.43. The average molecular weight is 308 g/mol. The maximum Gasteiger partial charge on any atom is 0.238 e. The first-order valence-electron chi connectivity index (χ1n) is 7.13. The highest BCUT2D eigenvalue weighted by molar-refractivity contribution is 5.93. The molecule has 1 aromatic carbocycles.